The first-order valence-corrected chi connectivity index (χ1v) is 7.87. The van der Waals surface area contributed by atoms with Crippen molar-refractivity contribution in [1.82, 2.24) is 15.5 Å². The number of piperazine rings is 1. The van der Waals surface area contributed by atoms with Gasteiger partial charge in [0.15, 0.2) is 6.04 Å². The van der Waals surface area contributed by atoms with Crippen molar-refractivity contribution < 1.29 is 14.3 Å². The summed E-state index contributed by atoms with van der Waals surface area (Å²) >= 11 is 0. The van der Waals surface area contributed by atoms with Crippen LogP contribution in [-0.4, -0.2) is 62.9 Å². The van der Waals surface area contributed by atoms with Crippen LogP contribution in [0, 0.1) is 11.8 Å². The Hall–Kier alpha value is -2.56. The lowest BCUT2D eigenvalue weighted by molar-refractivity contribution is -0.129. The number of benzene rings is 1. The fourth-order valence-electron chi connectivity index (χ4n) is 2.70. The smallest absolute Gasteiger partial charge is 0.327 e. The molecule has 2 heterocycles. The summed E-state index contributed by atoms with van der Waals surface area (Å²) in [6.07, 6.45) is 0. The van der Waals surface area contributed by atoms with Crippen LogP contribution in [0.15, 0.2) is 24.3 Å². The molecule has 0 aromatic heterocycles. The number of ether oxygens (including phenoxy) is 1. The molecule has 1 aromatic carbocycles. The summed E-state index contributed by atoms with van der Waals surface area (Å²) in [6.45, 7) is 3.89. The highest BCUT2D eigenvalue weighted by atomic mass is 16.5. The van der Waals surface area contributed by atoms with Crippen molar-refractivity contribution in [2.45, 2.75) is 6.04 Å². The van der Waals surface area contributed by atoms with Crippen molar-refractivity contribution in [2.24, 2.45) is 0 Å². The standard InChI is InChI=1S/C17H20N4O3/c1-24-12-21-16(22)15(19-17(21)23)7-4-13-2-5-14(6-3-13)20-10-8-18-9-11-20/h2-3,5-6,15,18H,8-12H2,1H3,(H,19,23). The van der Waals surface area contributed by atoms with E-state index in [2.05, 4.69) is 27.4 Å². The van der Waals surface area contributed by atoms with Crippen LogP contribution in [-0.2, 0) is 9.53 Å². The van der Waals surface area contributed by atoms with Gasteiger partial charge in [0.25, 0.3) is 5.91 Å². The zero-order chi connectivity index (χ0) is 16.9. The predicted octanol–water partition coefficient (Wildman–Crippen LogP) is -0.0280. The number of hydrogen-bond acceptors (Lipinski definition) is 5. The van der Waals surface area contributed by atoms with Gasteiger partial charge in [-0.3, -0.25) is 4.79 Å². The van der Waals surface area contributed by atoms with Crippen molar-refractivity contribution >= 4 is 17.6 Å². The normalized spacial score (nSPS) is 20.6. The Bertz CT molecular complexity index is 671. The average molecular weight is 328 g/mol. The lowest BCUT2D eigenvalue weighted by atomic mass is 10.1. The molecule has 2 aliphatic rings. The monoisotopic (exact) mass is 328 g/mol. The molecule has 3 rings (SSSR count). The maximum Gasteiger partial charge on any atom is 0.327 e. The molecule has 2 N–H and O–H groups in total. The third kappa shape index (κ3) is 3.50. The minimum atomic E-state index is -0.819. The number of hydrogen-bond donors (Lipinski definition) is 2. The molecule has 2 aliphatic heterocycles. The van der Waals surface area contributed by atoms with Crippen LogP contribution in [0.2, 0.25) is 0 Å². The van der Waals surface area contributed by atoms with Gasteiger partial charge in [-0.1, -0.05) is 11.8 Å². The fraction of sp³-hybridized carbons (Fsp3) is 0.412. The van der Waals surface area contributed by atoms with Gasteiger partial charge in [0.2, 0.25) is 0 Å². The topological polar surface area (TPSA) is 73.9 Å². The molecule has 1 unspecified atom stereocenters. The highest BCUT2D eigenvalue weighted by Crippen LogP contribution is 2.15. The molecule has 0 saturated carbocycles. The van der Waals surface area contributed by atoms with Gasteiger partial charge in [0.05, 0.1) is 0 Å². The SMILES string of the molecule is COCN1C(=O)NC(C#Cc2ccc(N3CCNCC3)cc2)C1=O. The Morgan fingerprint density at radius 2 is 1.92 bits per heavy atom. The molecular formula is C17H20N4O3. The number of anilines is 1. The van der Waals surface area contributed by atoms with E-state index in [4.69, 9.17) is 4.74 Å². The van der Waals surface area contributed by atoms with Crippen molar-refractivity contribution in [3.8, 4) is 11.8 Å². The van der Waals surface area contributed by atoms with Gasteiger partial charge in [-0.05, 0) is 24.3 Å². The van der Waals surface area contributed by atoms with Crippen molar-refractivity contribution in [3.63, 3.8) is 0 Å². The molecule has 3 amide bonds. The molecule has 7 heteroatoms. The van der Waals surface area contributed by atoms with E-state index in [1.54, 1.807) is 0 Å². The van der Waals surface area contributed by atoms with Gasteiger partial charge in [-0.2, -0.15) is 0 Å². The van der Waals surface area contributed by atoms with Gasteiger partial charge in [-0.15, -0.1) is 0 Å². The number of carbonyl (C=O) groups is 2. The van der Waals surface area contributed by atoms with Crippen LogP contribution in [0.3, 0.4) is 0 Å². The van der Waals surface area contributed by atoms with E-state index in [1.807, 2.05) is 24.3 Å². The number of rotatable bonds is 3. The number of methoxy groups -OCH3 is 1. The van der Waals surface area contributed by atoms with E-state index in [9.17, 15) is 9.59 Å². The molecule has 1 aromatic rings. The Morgan fingerprint density at radius 3 is 2.58 bits per heavy atom. The number of imide groups is 1. The van der Waals surface area contributed by atoms with Gasteiger partial charge >= 0.3 is 6.03 Å². The molecule has 2 fully saturated rings. The molecule has 1 atom stereocenters. The van der Waals surface area contributed by atoms with Gasteiger partial charge < -0.3 is 20.3 Å². The number of urea groups is 1. The first kappa shape index (κ1) is 16.3. The van der Waals surface area contributed by atoms with Crippen LogP contribution in [0.1, 0.15) is 5.56 Å². The third-order valence-electron chi connectivity index (χ3n) is 3.99. The molecule has 0 aliphatic carbocycles. The summed E-state index contributed by atoms with van der Waals surface area (Å²) in [5.41, 5.74) is 1.97. The molecular weight excluding hydrogens is 308 g/mol. The summed E-state index contributed by atoms with van der Waals surface area (Å²) in [6, 6.07) is 6.62. The van der Waals surface area contributed by atoms with Crippen LogP contribution in [0.25, 0.3) is 0 Å². The molecule has 0 bridgehead atoms. The molecule has 7 nitrogen and oxygen atoms in total. The Labute approximate surface area is 140 Å². The lowest BCUT2D eigenvalue weighted by Gasteiger charge is -2.29. The van der Waals surface area contributed by atoms with Crippen LogP contribution >= 0.6 is 0 Å². The van der Waals surface area contributed by atoms with Gasteiger partial charge in [0, 0.05) is 44.5 Å². The van der Waals surface area contributed by atoms with Crippen molar-refractivity contribution in [2.75, 3.05) is 44.9 Å². The van der Waals surface area contributed by atoms with E-state index in [1.165, 1.54) is 12.8 Å². The quantitative estimate of drug-likeness (QED) is 0.602. The number of nitrogens with zero attached hydrogens (tertiary/aromatic N) is 2. The minimum Gasteiger partial charge on any atom is -0.369 e. The zero-order valence-electron chi connectivity index (χ0n) is 13.5. The average Bonchev–Trinajstić information content (AvgIpc) is 2.89. The Balaban J connectivity index is 1.65. The van der Waals surface area contributed by atoms with Gasteiger partial charge in [-0.25, -0.2) is 9.69 Å². The number of carbonyl (C=O) groups excluding carboxylic acids is 2. The largest absolute Gasteiger partial charge is 0.369 e. The van der Waals surface area contributed by atoms with E-state index in [0.29, 0.717) is 0 Å². The van der Waals surface area contributed by atoms with E-state index in [0.717, 1.165) is 36.6 Å². The fourth-order valence-corrected chi connectivity index (χ4v) is 2.70. The third-order valence-corrected chi connectivity index (χ3v) is 3.99. The second-order valence-electron chi connectivity index (χ2n) is 5.62. The lowest BCUT2D eigenvalue weighted by Crippen LogP contribution is -2.43. The Kier molecular flexibility index (Phi) is 4.99. The van der Waals surface area contributed by atoms with E-state index in [-0.39, 0.29) is 12.6 Å². The van der Waals surface area contributed by atoms with E-state index < -0.39 is 12.1 Å². The second kappa shape index (κ2) is 7.34. The first-order valence-electron chi connectivity index (χ1n) is 7.87. The van der Waals surface area contributed by atoms with Crippen LogP contribution < -0.4 is 15.5 Å². The van der Waals surface area contributed by atoms with Crippen molar-refractivity contribution in [3.05, 3.63) is 29.8 Å². The second-order valence-corrected chi connectivity index (χ2v) is 5.62. The zero-order valence-corrected chi connectivity index (χ0v) is 13.5. The first-order chi connectivity index (χ1) is 11.7. The highest BCUT2D eigenvalue weighted by Gasteiger charge is 2.36. The van der Waals surface area contributed by atoms with E-state index >= 15 is 0 Å². The minimum absolute atomic E-state index is 0.0672. The maximum atomic E-state index is 12.0. The van der Waals surface area contributed by atoms with Crippen LogP contribution in [0.4, 0.5) is 10.5 Å². The van der Waals surface area contributed by atoms with Crippen molar-refractivity contribution in [1.29, 1.82) is 0 Å². The summed E-state index contributed by atoms with van der Waals surface area (Å²) in [7, 11) is 1.43. The number of nitrogens with one attached hydrogen (secondary N) is 2. The van der Waals surface area contributed by atoms with Gasteiger partial charge in [0.1, 0.15) is 6.73 Å². The summed E-state index contributed by atoms with van der Waals surface area (Å²) in [5.74, 6) is 5.38. The summed E-state index contributed by atoms with van der Waals surface area (Å²) in [4.78, 5) is 27.0. The highest BCUT2D eigenvalue weighted by molar-refractivity contribution is 6.05. The summed E-state index contributed by atoms with van der Waals surface area (Å²) < 4.78 is 4.84. The molecule has 2 saturated heterocycles. The summed E-state index contributed by atoms with van der Waals surface area (Å²) in [5, 5.41) is 5.86. The molecule has 24 heavy (non-hydrogen) atoms. The molecule has 126 valence electrons. The molecule has 0 spiro atoms. The van der Waals surface area contributed by atoms with Crippen LogP contribution in [0.5, 0.6) is 0 Å². The predicted molar refractivity (Wildman–Crippen MR) is 89.4 cm³/mol. The molecule has 0 radical (unpaired) electrons. The Morgan fingerprint density at radius 1 is 1.21 bits per heavy atom. The number of amides is 3. The maximum absolute atomic E-state index is 12.0.